The molecule has 1 N–H and O–H groups in total. The van der Waals surface area contributed by atoms with Crippen molar-refractivity contribution in [1.82, 2.24) is 15.3 Å². The van der Waals surface area contributed by atoms with E-state index in [9.17, 15) is 0 Å². The Bertz CT molecular complexity index is 657. The van der Waals surface area contributed by atoms with Gasteiger partial charge in [0.2, 0.25) is 0 Å². The third-order valence-electron chi connectivity index (χ3n) is 3.26. The summed E-state index contributed by atoms with van der Waals surface area (Å²) in [5.41, 5.74) is 0.618. The van der Waals surface area contributed by atoms with Crippen molar-refractivity contribution in [2.45, 2.75) is 18.9 Å². The van der Waals surface area contributed by atoms with Crippen molar-refractivity contribution < 1.29 is 13.6 Å². The van der Waals surface area contributed by atoms with Crippen molar-refractivity contribution in [3.63, 3.8) is 0 Å². The first-order chi connectivity index (χ1) is 10.5. The van der Waals surface area contributed by atoms with Gasteiger partial charge < -0.3 is 14.8 Å². The van der Waals surface area contributed by atoms with Gasteiger partial charge in [-0.25, -0.2) is 9.97 Å². The summed E-state index contributed by atoms with van der Waals surface area (Å²) in [7, 11) is -2.53. The molecule has 2 heterocycles. The van der Waals surface area contributed by atoms with Gasteiger partial charge in [0.25, 0.3) is 0 Å². The van der Waals surface area contributed by atoms with Crippen LogP contribution < -0.4 is 14.8 Å². The second-order valence-corrected chi connectivity index (χ2v) is 4.55. The summed E-state index contributed by atoms with van der Waals surface area (Å²) in [4.78, 5) is 8.10. The van der Waals surface area contributed by atoms with Crippen LogP contribution in [0.3, 0.4) is 0 Å². The van der Waals surface area contributed by atoms with Crippen LogP contribution in [0.15, 0.2) is 24.7 Å². The van der Waals surface area contributed by atoms with E-state index in [-0.39, 0.29) is 11.9 Å². The van der Waals surface area contributed by atoms with Crippen LogP contribution >= 0.6 is 0 Å². The van der Waals surface area contributed by atoms with Gasteiger partial charge in [-0.05, 0) is 32.0 Å². The van der Waals surface area contributed by atoms with Gasteiger partial charge in [0, 0.05) is 17.6 Å². The predicted octanol–water partition coefficient (Wildman–Crippen LogP) is 1.77. The van der Waals surface area contributed by atoms with E-state index in [1.807, 2.05) is 0 Å². The molecule has 5 nitrogen and oxygen atoms in total. The normalized spacial score (nSPS) is 19.5. The Balaban J connectivity index is 1.95. The topological polar surface area (TPSA) is 56.3 Å². The molecule has 5 heteroatoms. The quantitative estimate of drug-likeness (QED) is 0.913. The number of aromatic nitrogens is 2. The third kappa shape index (κ3) is 2.61. The fourth-order valence-electron chi connectivity index (χ4n) is 2.25. The average Bonchev–Trinajstić information content (AvgIpc) is 2.47. The second-order valence-electron chi connectivity index (χ2n) is 4.55. The lowest BCUT2D eigenvalue weighted by atomic mass is 10.1. The van der Waals surface area contributed by atoms with Gasteiger partial charge in [-0.1, -0.05) is 0 Å². The van der Waals surface area contributed by atoms with Crippen LogP contribution in [0, 0.1) is 0 Å². The molecular formula is C14H17N3O2. The van der Waals surface area contributed by atoms with Gasteiger partial charge in [0.1, 0.15) is 12.4 Å². The Labute approximate surface area is 116 Å². The molecule has 100 valence electrons. The molecule has 3 rings (SSSR count). The molecule has 2 aromatic rings. The Kier molecular flexibility index (Phi) is 2.58. The molecule has 0 bridgehead atoms. The second kappa shape index (κ2) is 5.40. The highest BCUT2D eigenvalue weighted by Gasteiger charge is 2.17. The number of methoxy groups -OCH3 is 1. The Morgan fingerprint density at radius 3 is 3.05 bits per heavy atom. The van der Waals surface area contributed by atoms with Crippen molar-refractivity contribution >= 4 is 10.9 Å². The van der Waals surface area contributed by atoms with Crippen LogP contribution in [0.1, 0.15) is 17.0 Å². The molecule has 0 amide bonds. The van der Waals surface area contributed by atoms with Crippen molar-refractivity contribution in [2.75, 3.05) is 20.1 Å². The number of rotatable bonds is 3. The number of fused-ring (bicyclic) bond motifs is 1. The van der Waals surface area contributed by atoms with Crippen LogP contribution in [0.4, 0.5) is 0 Å². The number of hydrogen-bond donors (Lipinski definition) is 1. The number of nitrogens with one attached hydrogen (secondary N) is 1. The first-order valence-corrected chi connectivity index (χ1v) is 6.31. The predicted molar refractivity (Wildman–Crippen MR) is 72.6 cm³/mol. The first kappa shape index (κ1) is 9.09. The molecule has 0 radical (unpaired) electrons. The van der Waals surface area contributed by atoms with Crippen molar-refractivity contribution in [3.05, 3.63) is 24.7 Å². The average molecular weight is 262 g/mol. The van der Waals surface area contributed by atoms with Crippen LogP contribution in [-0.2, 0) is 0 Å². The zero-order valence-electron chi connectivity index (χ0n) is 13.4. The smallest absolute Gasteiger partial charge is 0.162 e. The molecule has 0 spiro atoms. The Hall–Kier alpha value is -1.88. The lowest BCUT2D eigenvalue weighted by Crippen LogP contribution is -2.34. The maximum absolute atomic E-state index is 7.31. The summed E-state index contributed by atoms with van der Waals surface area (Å²) >= 11 is 0. The molecule has 1 aromatic carbocycles. The Morgan fingerprint density at radius 1 is 1.32 bits per heavy atom. The van der Waals surface area contributed by atoms with Gasteiger partial charge in [0.05, 0.1) is 16.7 Å². The monoisotopic (exact) mass is 262 g/mol. The first-order valence-electron chi connectivity index (χ1n) is 7.81. The molecule has 0 atom stereocenters. The summed E-state index contributed by atoms with van der Waals surface area (Å²) in [6.07, 6.45) is 4.86. The maximum Gasteiger partial charge on any atom is 0.162 e. The zero-order valence-corrected chi connectivity index (χ0v) is 10.4. The number of piperidine rings is 1. The summed E-state index contributed by atoms with van der Waals surface area (Å²) in [6, 6.07) is 3.32. The van der Waals surface area contributed by atoms with Gasteiger partial charge in [0.15, 0.2) is 11.5 Å². The fourth-order valence-corrected chi connectivity index (χ4v) is 2.25. The van der Waals surface area contributed by atoms with E-state index in [0.29, 0.717) is 11.3 Å². The highest BCUT2D eigenvalue weighted by atomic mass is 16.5. The minimum Gasteiger partial charge on any atom is -0.493 e. The molecule has 1 aliphatic rings. The van der Waals surface area contributed by atoms with E-state index in [4.69, 9.17) is 13.6 Å². The van der Waals surface area contributed by atoms with E-state index in [2.05, 4.69) is 15.3 Å². The number of benzene rings is 1. The summed E-state index contributed by atoms with van der Waals surface area (Å²) in [5.74, 6) is 0.607. The van der Waals surface area contributed by atoms with Gasteiger partial charge in [-0.15, -0.1) is 0 Å². The largest absolute Gasteiger partial charge is 0.493 e. The minimum absolute atomic E-state index is 0.0438. The van der Waals surface area contributed by atoms with Crippen molar-refractivity contribution in [1.29, 1.82) is 0 Å². The summed E-state index contributed by atoms with van der Waals surface area (Å²) < 4.78 is 33.0. The lowest BCUT2D eigenvalue weighted by Gasteiger charge is -2.24. The van der Waals surface area contributed by atoms with Crippen molar-refractivity contribution in [3.8, 4) is 11.5 Å². The van der Waals surface area contributed by atoms with E-state index in [0.717, 1.165) is 31.3 Å². The highest BCUT2D eigenvalue weighted by Crippen LogP contribution is 2.32. The summed E-state index contributed by atoms with van der Waals surface area (Å²) in [6.45, 7) is 1.77. The highest BCUT2D eigenvalue weighted by molar-refractivity contribution is 5.81. The standard InChI is InChI=1S/C14H17N3O2/c1-18-13-7-12-10(8-16-9-17-12)6-14(13)19-11-2-4-15-5-3-11/h6-9,11,15H,2-5H2,1H3/i1D3. The zero-order chi connectivity index (χ0) is 15.6. The van der Waals surface area contributed by atoms with Crippen LogP contribution in [0.2, 0.25) is 0 Å². The third-order valence-corrected chi connectivity index (χ3v) is 3.26. The molecule has 0 unspecified atom stereocenters. The van der Waals surface area contributed by atoms with E-state index in [1.54, 1.807) is 18.3 Å². The SMILES string of the molecule is [2H]C([2H])([2H])Oc1cc2ncncc2cc1OC1CCNCC1. The van der Waals surface area contributed by atoms with Crippen molar-refractivity contribution in [2.24, 2.45) is 0 Å². The number of nitrogens with zero attached hydrogens (tertiary/aromatic N) is 2. The molecule has 1 aromatic heterocycles. The number of hydrogen-bond acceptors (Lipinski definition) is 5. The van der Waals surface area contributed by atoms with E-state index >= 15 is 0 Å². The molecular weight excluding hydrogens is 242 g/mol. The van der Waals surface area contributed by atoms with Crippen LogP contribution in [0.5, 0.6) is 11.5 Å². The van der Waals surface area contributed by atoms with E-state index < -0.39 is 7.04 Å². The molecule has 0 saturated carbocycles. The molecule has 19 heavy (non-hydrogen) atoms. The van der Waals surface area contributed by atoms with Crippen LogP contribution in [0.25, 0.3) is 10.9 Å². The summed E-state index contributed by atoms with van der Waals surface area (Å²) in [5, 5.41) is 4.04. The fraction of sp³-hybridized carbons (Fsp3) is 0.429. The molecule has 1 fully saturated rings. The Morgan fingerprint density at radius 2 is 2.21 bits per heavy atom. The lowest BCUT2D eigenvalue weighted by molar-refractivity contribution is 0.157. The molecule has 1 aliphatic heterocycles. The molecule has 1 saturated heterocycles. The van der Waals surface area contributed by atoms with Gasteiger partial charge in [-0.2, -0.15) is 0 Å². The van der Waals surface area contributed by atoms with Crippen LogP contribution in [-0.4, -0.2) is 36.2 Å². The van der Waals surface area contributed by atoms with Gasteiger partial charge >= 0.3 is 0 Å². The minimum atomic E-state index is -2.53. The maximum atomic E-state index is 7.31. The van der Waals surface area contributed by atoms with Gasteiger partial charge in [-0.3, -0.25) is 0 Å². The molecule has 0 aliphatic carbocycles. The van der Waals surface area contributed by atoms with E-state index in [1.165, 1.54) is 6.33 Å². The number of ether oxygens (including phenoxy) is 2.